The van der Waals surface area contributed by atoms with Gasteiger partial charge in [0.2, 0.25) is 10.0 Å². The summed E-state index contributed by atoms with van der Waals surface area (Å²) in [5, 5.41) is 3.34. The Morgan fingerprint density at radius 2 is 1.81 bits per heavy atom. The van der Waals surface area contributed by atoms with Crippen LogP contribution in [0.2, 0.25) is 0 Å². The fraction of sp³-hybridized carbons (Fsp3) is 0.500. The second-order valence-electron chi connectivity index (χ2n) is 5.35. The third kappa shape index (κ3) is 5.99. The van der Waals surface area contributed by atoms with E-state index in [1.54, 1.807) is 6.08 Å². The van der Waals surface area contributed by atoms with Crippen LogP contribution in [0.5, 0.6) is 0 Å². The zero-order chi connectivity index (χ0) is 15.9. The summed E-state index contributed by atoms with van der Waals surface area (Å²) in [6.07, 6.45) is 1.61. The van der Waals surface area contributed by atoms with E-state index in [1.807, 2.05) is 31.2 Å². The van der Waals surface area contributed by atoms with Crippen LogP contribution in [-0.2, 0) is 22.3 Å². The van der Waals surface area contributed by atoms with Gasteiger partial charge in [0.15, 0.2) is 0 Å². The first-order valence-electron chi connectivity index (χ1n) is 7.29. The predicted molar refractivity (Wildman–Crippen MR) is 88.5 cm³/mol. The van der Waals surface area contributed by atoms with Crippen LogP contribution in [0.1, 0.15) is 31.9 Å². The summed E-state index contributed by atoms with van der Waals surface area (Å²) < 4.78 is 26.0. The van der Waals surface area contributed by atoms with E-state index in [1.165, 1.54) is 4.31 Å². The van der Waals surface area contributed by atoms with Crippen LogP contribution in [0, 0.1) is 0 Å². The summed E-state index contributed by atoms with van der Waals surface area (Å²) in [7, 11) is -3.28. The summed E-state index contributed by atoms with van der Waals surface area (Å²) in [4.78, 5) is 0. The molecule has 0 radical (unpaired) electrons. The number of benzene rings is 1. The number of sulfonamides is 1. The first kappa shape index (κ1) is 17.9. The molecule has 0 aliphatic heterocycles. The van der Waals surface area contributed by atoms with Gasteiger partial charge in [-0.2, -0.15) is 4.31 Å². The average molecular weight is 310 g/mol. The molecule has 0 spiro atoms. The van der Waals surface area contributed by atoms with Crippen LogP contribution in [0.3, 0.4) is 0 Å². The molecule has 21 heavy (non-hydrogen) atoms. The molecule has 0 saturated heterocycles. The first-order valence-corrected chi connectivity index (χ1v) is 8.90. The molecular weight excluding hydrogens is 284 g/mol. The van der Waals surface area contributed by atoms with Gasteiger partial charge >= 0.3 is 0 Å². The number of hydrogen-bond acceptors (Lipinski definition) is 3. The van der Waals surface area contributed by atoms with Gasteiger partial charge in [-0.3, -0.25) is 0 Å². The van der Waals surface area contributed by atoms with Crippen molar-refractivity contribution in [3.63, 3.8) is 0 Å². The van der Waals surface area contributed by atoms with Crippen molar-refractivity contribution in [3.8, 4) is 0 Å². The van der Waals surface area contributed by atoms with Crippen molar-refractivity contribution in [3.05, 3.63) is 48.0 Å². The molecule has 0 heterocycles. The predicted octanol–water partition coefficient (Wildman–Crippen LogP) is 2.52. The molecule has 0 amide bonds. The molecule has 4 nitrogen and oxygen atoms in total. The lowest BCUT2D eigenvalue weighted by molar-refractivity contribution is 0.459. The van der Waals surface area contributed by atoms with Crippen LogP contribution >= 0.6 is 0 Å². The normalized spacial score (nSPS) is 12.0. The maximum Gasteiger partial charge on any atom is 0.218 e. The fourth-order valence-electron chi connectivity index (χ4n) is 1.96. The molecule has 0 atom stereocenters. The van der Waals surface area contributed by atoms with Gasteiger partial charge in [0.25, 0.3) is 0 Å². The highest BCUT2D eigenvalue weighted by Crippen LogP contribution is 2.12. The van der Waals surface area contributed by atoms with Crippen molar-refractivity contribution in [2.75, 3.05) is 13.1 Å². The minimum atomic E-state index is -3.28. The molecule has 0 saturated carbocycles. The lowest BCUT2D eigenvalue weighted by Gasteiger charge is -2.18. The third-order valence-corrected chi connectivity index (χ3v) is 5.06. The Morgan fingerprint density at radius 3 is 2.29 bits per heavy atom. The van der Waals surface area contributed by atoms with E-state index in [-0.39, 0.29) is 5.75 Å². The van der Waals surface area contributed by atoms with Gasteiger partial charge in [-0.05, 0) is 11.1 Å². The van der Waals surface area contributed by atoms with E-state index < -0.39 is 10.0 Å². The van der Waals surface area contributed by atoms with Crippen LogP contribution in [-0.4, -0.2) is 31.9 Å². The van der Waals surface area contributed by atoms with E-state index in [0.717, 1.165) is 17.7 Å². The van der Waals surface area contributed by atoms with Crippen molar-refractivity contribution in [2.45, 2.75) is 39.1 Å². The minimum Gasteiger partial charge on any atom is -0.310 e. The Hall–Kier alpha value is -1.17. The summed E-state index contributed by atoms with van der Waals surface area (Å²) >= 11 is 0. The van der Waals surface area contributed by atoms with E-state index in [4.69, 9.17) is 0 Å². The summed E-state index contributed by atoms with van der Waals surface area (Å²) in [5.41, 5.74) is 1.97. The van der Waals surface area contributed by atoms with Gasteiger partial charge in [0.1, 0.15) is 0 Å². The van der Waals surface area contributed by atoms with Crippen molar-refractivity contribution < 1.29 is 8.42 Å². The molecule has 1 rings (SSSR count). The summed E-state index contributed by atoms with van der Waals surface area (Å²) in [6.45, 7) is 11.2. The Labute approximate surface area is 128 Å². The van der Waals surface area contributed by atoms with E-state index in [2.05, 4.69) is 25.7 Å². The molecule has 5 heteroatoms. The molecule has 0 unspecified atom stereocenters. The third-order valence-electron chi connectivity index (χ3n) is 3.17. The van der Waals surface area contributed by atoms with E-state index in [9.17, 15) is 8.42 Å². The van der Waals surface area contributed by atoms with Gasteiger partial charge < -0.3 is 5.32 Å². The lowest BCUT2D eigenvalue weighted by atomic mass is 10.1. The fourth-order valence-corrected chi connectivity index (χ4v) is 3.48. The van der Waals surface area contributed by atoms with E-state index >= 15 is 0 Å². The van der Waals surface area contributed by atoms with Gasteiger partial charge in [0.05, 0.1) is 5.75 Å². The monoisotopic (exact) mass is 310 g/mol. The van der Waals surface area contributed by atoms with Crippen LogP contribution in [0.25, 0.3) is 0 Å². The van der Waals surface area contributed by atoms with Crippen molar-refractivity contribution >= 4 is 10.0 Å². The molecule has 0 bridgehead atoms. The molecule has 1 N–H and O–H groups in total. The second-order valence-corrected chi connectivity index (χ2v) is 7.32. The highest BCUT2D eigenvalue weighted by Gasteiger charge is 2.19. The Balaban J connectivity index is 2.72. The topological polar surface area (TPSA) is 49.4 Å². The molecular formula is C16H26N2O2S. The molecule has 0 aliphatic rings. The molecule has 118 valence electrons. The first-order chi connectivity index (χ1) is 9.89. The van der Waals surface area contributed by atoms with Crippen molar-refractivity contribution in [1.82, 2.24) is 9.62 Å². The maximum atomic E-state index is 12.3. The Kier molecular flexibility index (Phi) is 7.08. The summed E-state index contributed by atoms with van der Waals surface area (Å²) in [6, 6.07) is 8.16. The SMILES string of the molecule is C=CCN(CC)S(=O)(=O)Cc1ccc(CNC(C)C)cc1. The van der Waals surface area contributed by atoms with Crippen molar-refractivity contribution in [1.29, 1.82) is 0 Å². The number of likely N-dealkylation sites (N-methyl/N-ethyl adjacent to an activating group) is 1. The van der Waals surface area contributed by atoms with Crippen LogP contribution in [0.15, 0.2) is 36.9 Å². The van der Waals surface area contributed by atoms with Gasteiger partial charge in [-0.15, -0.1) is 6.58 Å². The lowest BCUT2D eigenvalue weighted by Crippen LogP contribution is -2.32. The quantitative estimate of drug-likeness (QED) is 0.713. The van der Waals surface area contributed by atoms with Gasteiger partial charge in [-0.1, -0.05) is 51.1 Å². The van der Waals surface area contributed by atoms with Crippen LogP contribution in [0.4, 0.5) is 0 Å². The number of hydrogen-bond donors (Lipinski definition) is 1. The number of nitrogens with one attached hydrogen (secondary N) is 1. The summed E-state index contributed by atoms with van der Waals surface area (Å²) in [5.74, 6) is 0.0343. The van der Waals surface area contributed by atoms with Crippen molar-refractivity contribution in [2.24, 2.45) is 0 Å². The van der Waals surface area contributed by atoms with Gasteiger partial charge in [0, 0.05) is 25.7 Å². The highest BCUT2D eigenvalue weighted by atomic mass is 32.2. The van der Waals surface area contributed by atoms with Crippen LogP contribution < -0.4 is 5.32 Å². The molecule has 0 aliphatic carbocycles. The zero-order valence-corrected chi connectivity index (χ0v) is 14.0. The highest BCUT2D eigenvalue weighted by molar-refractivity contribution is 7.88. The standard InChI is InChI=1S/C16H26N2O2S/c1-5-11-18(6-2)21(19,20)13-16-9-7-15(8-10-16)12-17-14(3)4/h5,7-10,14,17H,1,6,11-13H2,2-4H3. The van der Waals surface area contributed by atoms with E-state index in [0.29, 0.717) is 19.1 Å². The Morgan fingerprint density at radius 1 is 1.24 bits per heavy atom. The smallest absolute Gasteiger partial charge is 0.218 e. The molecule has 1 aromatic rings. The molecule has 0 aromatic heterocycles. The second kappa shape index (κ2) is 8.32. The largest absolute Gasteiger partial charge is 0.310 e. The molecule has 1 aromatic carbocycles. The molecule has 0 fully saturated rings. The average Bonchev–Trinajstić information content (AvgIpc) is 2.43. The maximum absolute atomic E-state index is 12.3. The Bertz CT molecular complexity index is 536. The number of rotatable bonds is 9. The van der Waals surface area contributed by atoms with Gasteiger partial charge in [-0.25, -0.2) is 8.42 Å². The minimum absolute atomic E-state index is 0.0343. The zero-order valence-electron chi connectivity index (χ0n) is 13.2. The number of nitrogens with zero attached hydrogens (tertiary/aromatic N) is 1.